The van der Waals surface area contributed by atoms with Gasteiger partial charge in [-0.2, -0.15) is 0 Å². The second-order valence-electron chi connectivity index (χ2n) is 3.87. The number of nitrogens with one attached hydrogen (secondary N) is 1. The molecule has 90 valence electrons. The maximum Gasteiger partial charge on any atom is 0.130 e. The molecule has 0 heterocycles. The zero-order valence-corrected chi connectivity index (χ0v) is 10.1. The molecule has 0 radical (unpaired) electrons. The molecule has 0 spiro atoms. The largest absolute Gasteiger partial charge is 0.497 e. The van der Waals surface area contributed by atoms with Crippen molar-refractivity contribution in [3.05, 3.63) is 29.6 Å². The lowest BCUT2D eigenvalue weighted by atomic mass is 10.1. The van der Waals surface area contributed by atoms with Crippen molar-refractivity contribution in [1.82, 2.24) is 5.32 Å². The van der Waals surface area contributed by atoms with Gasteiger partial charge in [0.25, 0.3) is 0 Å². The second-order valence-corrected chi connectivity index (χ2v) is 3.87. The van der Waals surface area contributed by atoms with Crippen LogP contribution in [0.3, 0.4) is 0 Å². The predicted octanol–water partition coefficient (Wildman–Crippen LogP) is 2.77. The maximum absolute atomic E-state index is 13.5. The van der Waals surface area contributed by atoms with E-state index in [4.69, 9.17) is 4.74 Å². The van der Waals surface area contributed by atoms with E-state index >= 15 is 0 Å². The van der Waals surface area contributed by atoms with Crippen LogP contribution in [0, 0.1) is 5.82 Å². The van der Waals surface area contributed by atoms with Crippen molar-refractivity contribution in [1.29, 1.82) is 0 Å². The molecule has 2 nitrogen and oxygen atoms in total. The number of halogens is 1. The van der Waals surface area contributed by atoms with Crippen LogP contribution >= 0.6 is 0 Å². The Kier molecular flexibility index (Phi) is 5.86. The summed E-state index contributed by atoms with van der Waals surface area (Å²) in [5.41, 5.74) is 0.783. The highest BCUT2D eigenvalue weighted by Gasteiger charge is 2.03. The Morgan fingerprint density at radius 1 is 1.25 bits per heavy atom. The van der Waals surface area contributed by atoms with Gasteiger partial charge in [0.1, 0.15) is 11.6 Å². The fourth-order valence-corrected chi connectivity index (χ4v) is 1.65. The summed E-state index contributed by atoms with van der Waals surface area (Å²) in [5, 5.41) is 3.10. The van der Waals surface area contributed by atoms with Gasteiger partial charge in [0.2, 0.25) is 0 Å². The number of ether oxygens (including phenoxy) is 1. The van der Waals surface area contributed by atoms with Gasteiger partial charge in [-0.3, -0.25) is 0 Å². The summed E-state index contributed by atoms with van der Waals surface area (Å²) < 4.78 is 18.5. The van der Waals surface area contributed by atoms with E-state index < -0.39 is 0 Å². The van der Waals surface area contributed by atoms with Gasteiger partial charge >= 0.3 is 0 Å². The molecule has 3 heteroatoms. The van der Waals surface area contributed by atoms with Gasteiger partial charge in [0, 0.05) is 6.07 Å². The number of aryl methyl sites for hydroxylation is 1. The van der Waals surface area contributed by atoms with E-state index in [1.165, 1.54) is 6.07 Å². The topological polar surface area (TPSA) is 21.3 Å². The Labute approximate surface area is 96.8 Å². The number of rotatable bonds is 7. The summed E-state index contributed by atoms with van der Waals surface area (Å²) in [6, 6.07) is 5.07. The van der Waals surface area contributed by atoms with Crippen LogP contribution in [0.2, 0.25) is 0 Å². The van der Waals surface area contributed by atoms with Gasteiger partial charge in [-0.05, 0) is 44.5 Å². The third-order valence-corrected chi connectivity index (χ3v) is 2.63. The van der Waals surface area contributed by atoms with Crippen LogP contribution in [-0.4, -0.2) is 20.7 Å². The number of unbranched alkanes of at least 4 members (excludes halogenated alkanes) is 2. The fourth-order valence-electron chi connectivity index (χ4n) is 1.65. The van der Waals surface area contributed by atoms with E-state index in [2.05, 4.69) is 5.32 Å². The van der Waals surface area contributed by atoms with Gasteiger partial charge in [0.05, 0.1) is 7.11 Å². The zero-order chi connectivity index (χ0) is 11.8. The highest BCUT2D eigenvalue weighted by atomic mass is 19.1. The van der Waals surface area contributed by atoms with Crippen LogP contribution in [0.15, 0.2) is 18.2 Å². The standard InChI is InChI=1S/C13H20FNO/c1-15-9-5-3-4-6-11-7-8-12(16-2)10-13(11)14/h7-8,10,15H,3-6,9H2,1-2H3. The van der Waals surface area contributed by atoms with Crippen molar-refractivity contribution < 1.29 is 9.13 Å². The van der Waals surface area contributed by atoms with Crippen LogP contribution in [0.25, 0.3) is 0 Å². The lowest BCUT2D eigenvalue weighted by Crippen LogP contribution is -2.07. The summed E-state index contributed by atoms with van der Waals surface area (Å²) >= 11 is 0. The first kappa shape index (κ1) is 13.0. The summed E-state index contributed by atoms with van der Waals surface area (Å²) in [5.74, 6) is 0.421. The van der Waals surface area contributed by atoms with Crippen molar-refractivity contribution >= 4 is 0 Å². The highest BCUT2D eigenvalue weighted by Crippen LogP contribution is 2.18. The first-order chi connectivity index (χ1) is 7.77. The average Bonchev–Trinajstić information content (AvgIpc) is 2.30. The zero-order valence-electron chi connectivity index (χ0n) is 10.1. The number of benzene rings is 1. The van der Waals surface area contributed by atoms with Crippen molar-refractivity contribution in [2.24, 2.45) is 0 Å². The minimum absolute atomic E-state index is 0.159. The average molecular weight is 225 g/mol. The van der Waals surface area contributed by atoms with Crippen LogP contribution < -0.4 is 10.1 Å². The van der Waals surface area contributed by atoms with Crippen LogP contribution in [0.5, 0.6) is 5.75 Å². The first-order valence-corrected chi connectivity index (χ1v) is 5.75. The molecule has 0 fully saturated rings. The predicted molar refractivity (Wildman–Crippen MR) is 64.4 cm³/mol. The van der Waals surface area contributed by atoms with Crippen molar-refractivity contribution in [2.75, 3.05) is 20.7 Å². The quantitative estimate of drug-likeness (QED) is 0.720. The molecule has 0 aliphatic carbocycles. The van der Waals surface area contributed by atoms with Crippen LogP contribution in [0.1, 0.15) is 24.8 Å². The molecule has 0 aliphatic heterocycles. The van der Waals surface area contributed by atoms with Crippen molar-refractivity contribution in [3.8, 4) is 5.75 Å². The molecule has 0 saturated carbocycles. The molecule has 1 rings (SSSR count). The van der Waals surface area contributed by atoms with Crippen molar-refractivity contribution in [2.45, 2.75) is 25.7 Å². The molecule has 1 aromatic carbocycles. The molecule has 0 aromatic heterocycles. The Hall–Kier alpha value is -1.09. The molecule has 0 aliphatic rings. The van der Waals surface area contributed by atoms with Crippen molar-refractivity contribution in [3.63, 3.8) is 0 Å². The smallest absolute Gasteiger partial charge is 0.130 e. The minimum atomic E-state index is -0.159. The molecule has 16 heavy (non-hydrogen) atoms. The first-order valence-electron chi connectivity index (χ1n) is 5.75. The third-order valence-electron chi connectivity index (χ3n) is 2.63. The third kappa shape index (κ3) is 4.19. The molecule has 0 atom stereocenters. The van der Waals surface area contributed by atoms with Gasteiger partial charge in [-0.1, -0.05) is 12.5 Å². The maximum atomic E-state index is 13.5. The molecule has 1 N–H and O–H groups in total. The van der Waals surface area contributed by atoms with E-state index in [9.17, 15) is 4.39 Å². The van der Waals surface area contributed by atoms with Gasteiger partial charge < -0.3 is 10.1 Å². The molecule has 1 aromatic rings. The second kappa shape index (κ2) is 7.23. The Balaban J connectivity index is 2.36. The summed E-state index contributed by atoms with van der Waals surface area (Å²) in [6.07, 6.45) is 4.12. The van der Waals surface area contributed by atoms with E-state index in [1.807, 2.05) is 19.2 Å². The van der Waals surface area contributed by atoms with E-state index in [0.29, 0.717) is 5.75 Å². The highest BCUT2D eigenvalue weighted by molar-refractivity contribution is 5.28. The monoisotopic (exact) mass is 225 g/mol. The summed E-state index contributed by atoms with van der Waals surface area (Å²) in [7, 11) is 3.50. The van der Waals surface area contributed by atoms with Gasteiger partial charge in [-0.25, -0.2) is 4.39 Å². The normalized spacial score (nSPS) is 10.4. The summed E-state index contributed by atoms with van der Waals surface area (Å²) in [6.45, 7) is 1.03. The Bertz CT molecular complexity index is 315. The van der Waals surface area contributed by atoms with E-state index in [-0.39, 0.29) is 5.82 Å². The van der Waals surface area contributed by atoms with E-state index in [0.717, 1.165) is 37.8 Å². The molecular weight excluding hydrogens is 205 g/mol. The number of hydrogen-bond donors (Lipinski definition) is 1. The Morgan fingerprint density at radius 3 is 2.69 bits per heavy atom. The molecule has 0 amide bonds. The number of methoxy groups -OCH3 is 1. The summed E-state index contributed by atoms with van der Waals surface area (Å²) in [4.78, 5) is 0. The molecule has 0 unspecified atom stereocenters. The van der Waals surface area contributed by atoms with Crippen LogP contribution in [0.4, 0.5) is 4.39 Å². The Morgan fingerprint density at radius 2 is 2.06 bits per heavy atom. The molecular formula is C13H20FNO. The lowest BCUT2D eigenvalue weighted by Gasteiger charge is -2.05. The number of hydrogen-bond acceptors (Lipinski definition) is 2. The SMILES string of the molecule is CNCCCCCc1ccc(OC)cc1F. The fraction of sp³-hybridized carbons (Fsp3) is 0.538. The van der Waals surface area contributed by atoms with Gasteiger partial charge in [0.15, 0.2) is 0 Å². The molecule has 0 saturated heterocycles. The lowest BCUT2D eigenvalue weighted by molar-refractivity contribution is 0.410. The minimum Gasteiger partial charge on any atom is -0.497 e. The van der Waals surface area contributed by atoms with Crippen LogP contribution in [-0.2, 0) is 6.42 Å². The van der Waals surface area contributed by atoms with Gasteiger partial charge in [-0.15, -0.1) is 0 Å². The molecule has 0 bridgehead atoms. The van der Waals surface area contributed by atoms with E-state index in [1.54, 1.807) is 7.11 Å².